The lowest BCUT2D eigenvalue weighted by molar-refractivity contribution is -0.132. The quantitative estimate of drug-likeness (QED) is 0.347. The van der Waals surface area contributed by atoms with Gasteiger partial charge in [-0.15, -0.1) is 0 Å². The van der Waals surface area contributed by atoms with Gasteiger partial charge >= 0.3 is 0 Å². The molecule has 1 aromatic rings. The van der Waals surface area contributed by atoms with Crippen LogP contribution in [0.5, 0.6) is 5.75 Å². The van der Waals surface area contributed by atoms with E-state index in [2.05, 4.69) is 5.16 Å². The lowest BCUT2D eigenvalue weighted by atomic mass is 10.0. The number of oxime groups is 1. The Bertz CT molecular complexity index is 485. The van der Waals surface area contributed by atoms with Crippen molar-refractivity contribution in [1.82, 2.24) is 4.90 Å². The molecule has 0 spiro atoms. The second-order valence-electron chi connectivity index (χ2n) is 4.91. The third-order valence-corrected chi connectivity index (χ3v) is 3.30. The van der Waals surface area contributed by atoms with Gasteiger partial charge in [0.15, 0.2) is 5.84 Å². The molecule has 1 atom stereocenters. The SMILES string of the molecule is CCCC(C(=O)N(C)Cc1ccc(OC)cc1)C(N)=NO. The number of amides is 1. The summed E-state index contributed by atoms with van der Waals surface area (Å²) in [6.45, 7) is 2.41. The number of ether oxygens (including phenoxy) is 1. The Kier molecular flexibility index (Phi) is 6.52. The van der Waals surface area contributed by atoms with Gasteiger partial charge in [0.2, 0.25) is 5.91 Å². The van der Waals surface area contributed by atoms with E-state index in [0.29, 0.717) is 13.0 Å². The van der Waals surface area contributed by atoms with Gasteiger partial charge in [-0.05, 0) is 24.1 Å². The van der Waals surface area contributed by atoms with E-state index in [1.54, 1.807) is 19.1 Å². The van der Waals surface area contributed by atoms with Crippen LogP contribution in [0, 0.1) is 5.92 Å². The van der Waals surface area contributed by atoms with E-state index < -0.39 is 5.92 Å². The number of nitrogens with two attached hydrogens (primary N) is 1. The Hall–Kier alpha value is -2.24. The summed E-state index contributed by atoms with van der Waals surface area (Å²) in [6, 6.07) is 7.50. The summed E-state index contributed by atoms with van der Waals surface area (Å²) in [5.41, 5.74) is 6.60. The van der Waals surface area contributed by atoms with Crippen molar-refractivity contribution in [3.05, 3.63) is 29.8 Å². The van der Waals surface area contributed by atoms with Crippen LogP contribution in [0.4, 0.5) is 0 Å². The first-order valence-electron chi connectivity index (χ1n) is 6.88. The maximum atomic E-state index is 12.4. The molecule has 0 fully saturated rings. The Balaban J connectivity index is 2.75. The van der Waals surface area contributed by atoms with Gasteiger partial charge < -0.3 is 20.6 Å². The fourth-order valence-corrected chi connectivity index (χ4v) is 2.10. The molecular formula is C15H23N3O3. The van der Waals surface area contributed by atoms with E-state index in [-0.39, 0.29) is 11.7 Å². The molecule has 0 heterocycles. The summed E-state index contributed by atoms with van der Waals surface area (Å²) in [6.07, 6.45) is 1.34. The highest BCUT2D eigenvalue weighted by atomic mass is 16.5. The molecular weight excluding hydrogens is 270 g/mol. The number of rotatable bonds is 7. The number of methoxy groups -OCH3 is 1. The molecule has 1 unspecified atom stereocenters. The van der Waals surface area contributed by atoms with Crippen LogP contribution in [0.15, 0.2) is 29.4 Å². The Morgan fingerprint density at radius 2 is 2.05 bits per heavy atom. The molecule has 116 valence electrons. The number of carbonyl (C=O) groups is 1. The van der Waals surface area contributed by atoms with E-state index in [1.165, 1.54) is 0 Å². The maximum absolute atomic E-state index is 12.4. The van der Waals surface area contributed by atoms with Crippen LogP contribution in [0.1, 0.15) is 25.3 Å². The van der Waals surface area contributed by atoms with Crippen LogP contribution in [0.2, 0.25) is 0 Å². The zero-order chi connectivity index (χ0) is 15.8. The van der Waals surface area contributed by atoms with Crippen molar-refractivity contribution in [2.45, 2.75) is 26.3 Å². The average Bonchev–Trinajstić information content (AvgIpc) is 2.51. The lowest BCUT2D eigenvalue weighted by Crippen LogP contribution is -2.39. The first kappa shape index (κ1) is 16.8. The van der Waals surface area contributed by atoms with Crippen molar-refractivity contribution in [2.24, 2.45) is 16.8 Å². The van der Waals surface area contributed by atoms with Gasteiger partial charge in [-0.2, -0.15) is 0 Å². The molecule has 0 aliphatic rings. The standard InChI is InChI=1S/C15H23N3O3/c1-4-5-13(14(16)17-20)15(19)18(2)10-11-6-8-12(21-3)9-7-11/h6-9,13,20H,4-5,10H2,1-3H3,(H2,16,17). The minimum Gasteiger partial charge on any atom is -0.497 e. The Morgan fingerprint density at radius 3 is 2.52 bits per heavy atom. The summed E-state index contributed by atoms with van der Waals surface area (Å²) >= 11 is 0. The summed E-state index contributed by atoms with van der Waals surface area (Å²) in [7, 11) is 3.32. The number of nitrogens with zero attached hydrogens (tertiary/aromatic N) is 2. The van der Waals surface area contributed by atoms with E-state index in [1.807, 2.05) is 31.2 Å². The van der Waals surface area contributed by atoms with Crippen molar-refractivity contribution in [3.63, 3.8) is 0 Å². The van der Waals surface area contributed by atoms with Gasteiger partial charge in [-0.3, -0.25) is 4.79 Å². The van der Waals surface area contributed by atoms with Gasteiger partial charge in [0.05, 0.1) is 13.0 Å². The fourth-order valence-electron chi connectivity index (χ4n) is 2.10. The molecule has 0 aliphatic heterocycles. The average molecular weight is 293 g/mol. The van der Waals surface area contributed by atoms with E-state index in [9.17, 15) is 4.79 Å². The van der Waals surface area contributed by atoms with Crippen LogP contribution in [0.25, 0.3) is 0 Å². The summed E-state index contributed by atoms with van der Waals surface area (Å²) in [5, 5.41) is 11.8. The van der Waals surface area contributed by atoms with Crippen LogP contribution in [0.3, 0.4) is 0 Å². The summed E-state index contributed by atoms with van der Waals surface area (Å²) < 4.78 is 5.10. The molecule has 6 heteroatoms. The van der Waals surface area contributed by atoms with Gasteiger partial charge in [-0.1, -0.05) is 30.6 Å². The monoisotopic (exact) mass is 293 g/mol. The molecule has 6 nitrogen and oxygen atoms in total. The van der Waals surface area contributed by atoms with E-state index in [0.717, 1.165) is 17.7 Å². The highest BCUT2D eigenvalue weighted by Gasteiger charge is 2.25. The third-order valence-electron chi connectivity index (χ3n) is 3.30. The summed E-state index contributed by atoms with van der Waals surface area (Å²) in [4.78, 5) is 14.0. The van der Waals surface area contributed by atoms with E-state index in [4.69, 9.17) is 15.7 Å². The topological polar surface area (TPSA) is 88.2 Å². The molecule has 0 saturated carbocycles. The Morgan fingerprint density at radius 1 is 1.43 bits per heavy atom. The van der Waals surface area contributed by atoms with Crippen molar-refractivity contribution in [3.8, 4) is 5.75 Å². The van der Waals surface area contributed by atoms with Gasteiger partial charge in [-0.25, -0.2) is 0 Å². The zero-order valence-electron chi connectivity index (χ0n) is 12.7. The van der Waals surface area contributed by atoms with Crippen molar-refractivity contribution < 1.29 is 14.7 Å². The first-order valence-corrected chi connectivity index (χ1v) is 6.88. The van der Waals surface area contributed by atoms with Crippen molar-refractivity contribution in [2.75, 3.05) is 14.2 Å². The number of hydrogen-bond donors (Lipinski definition) is 2. The third kappa shape index (κ3) is 4.66. The molecule has 0 aromatic heterocycles. The van der Waals surface area contributed by atoms with Gasteiger partial charge in [0.1, 0.15) is 5.75 Å². The lowest BCUT2D eigenvalue weighted by Gasteiger charge is -2.23. The van der Waals surface area contributed by atoms with Crippen molar-refractivity contribution >= 4 is 11.7 Å². The van der Waals surface area contributed by atoms with Gasteiger partial charge in [0, 0.05) is 13.6 Å². The number of amidine groups is 1. The molecule has 0 bridgehead atoms. The predicted molar refractivity (Wildman–Crippen MR) is 81.3 cm³/mol. The smallest absolute Gasteiger partial charge is 0.233 e. The minimum atomic E-state index is -0.580. The molecule has 0 aliphatic carbocycles. The maximum Gasteiger partial charge on any atom is 0.233 e. The molecule has 0 radical (unpaired) electrons. The number of carbonyl (C=O) groups excluding carboxylic acids is 1. The molecule has 1 aromatic carbocycles. The molecule has 21 heavy (non-hydrogen) atoms. The fraction of sp³-hybridized carbons (Fsp3) is 0.467. The largest absolute Gasteiger partial charge is 0.497 e. The van der Waals surface area contributed by atoms with Crippen molar-refractivity contribution in [1.29, 1.82) is 0 Å². The highest BCUT2D eigenvalue weighted by molar-refractivity contribution is 6.01. The molecule has 1 amide bonds. The number of benzene rings is 1. The molecule has 3 N–H and O–H groups in total. The number of hydrogen-bond acceptors (Lipinski definition) is 4. The van der Waals surface area contributed by atoms with Crippen LogP contribution in [-0.4, -0.2) is 36.0 Å². The highest BCUT2D eigenvalue weighted by Crippen LogP contribution is 2.15. The predicted octanol–water partition coefficient (Wildman–Crippen LogP) is 1.82. The molecule has 1 rings (SSSR count). The van der Waals surface area contributed by atoms with Crippen LogP contribution < -0.4 is 10.5 Å². The van der Waals surface area contributed by atoms with Crippen LogP contribution in [-0.2, 0) is 11.3 Å². The van der Waals surface area contributed by atoms with Crippen LogP contribution >= 0.6 is 0 Å². The second kappa shape index (κ2) is 8.14. The Labute approximate surface area is 125 Å². The van der Waals surface area contributed by atoms with E-state index >= 15 is 0 Å². The minimum absolute atomic E-state index is 0.0385. The summed E-state index contributed by atoms with van der Waals surface area (Å²) in [5.74, 6) is 0.00268. The van der Waals surface area contributed by atoms with Gasteiger partial charge in [0.25, 0.3) is 0 Å². The zero-order valence-corrected chi connectivity index (χ0v) is 12.7. The first-order chi connectivity index (χ1) is 10.0. The molecule has 0 saturated heterocycles. The normalized spacial score (nSPS) is 12.8. The second-order valence-corrected chi connectivity index (χ2v) is 4.91.